The standard InChI is InChI=1S/C29H40N2O4.ClH/c1-21(2)17-31(18-22-12-13-23-8-4-6-10-26(32)25(23)16-22)29(33)28-20-30(14-15-35-28)19-24-9-5-7-11-27(24)34-3;/h5,7,9,11-13,16,21,26,28,32H,4,6,8,10,14-15,17-20H2,1-3H3;1H. The monoisotopic (exact) mass is 516 g/mol. The number of aliphatic hydroxyl groups is 1. The fraction of sp³-hybridized carbons (Fsp3) is 0.552. The van der Waals surface area contributed by atoms with Gasteiger partial charge in [-0.25, -0.2) is 0 Å². The molecule has 0 aromatic heterocycles. The first-order valence-corrected chi connectivity index (χ1v) is 13.0. The number of halogens is 1. The summed E-state index contributed by atoms with van der Waals surface area (Å²) in [5.41, 5.74) is 4.46. The number of aryl methyl sites for hydroxylation is 1. The van der Waals surface area contributed by atoms with E-state index < -0.39 is 12.2 Å². The number of nitrogens with zero attached hydrogens (tertiary/aromatic N) is 2. The van der Waals surface area contributed by atoms with Gasteiger partial charge in [-0.1, -0.05) is 56.7 Å². The zero-order valence-corrected chi connectivity index (χ0v) is 22.6. The Morgan fingerprint density at radius 1 is 1.22 bits per heavy atom. The number of benzene rings is 2. The molecule has 1 amide bonds. The summed E-state index contributed by atoms with van der Waals surface area (Å²) in [5.74, 6) is 1.26. The third kappa shape index (κ3) is 7.22. The van der Waals surface area contributed by atoms with Crippen molar-refractivity contribution >= 4 is 18.3 Å². The van der Waals surface area contributed by atoms with Gasteiger partial charge in [0.2, 0.25) is 0 Å². The van der Waals surface area contributed by atoms with E-state index in [1.54, 1.807) is 7.11 Å². The van der Waals surface area contributed by atoms with Crippen LogP contribution >= 0.6 is 12.4 Å². The molecule has 0 bridgehead atoms. The Kier molecular flexibility index (Phi) is 10.6. The van der Waals surface area contributed by atoms with Gasteiger partial charge in [-0.05, 0) is 47.9 Å². The number of aliphatic hydroxyl groups excluding tert-OH is 1. The van der Waals surface area contributed by atoms with Crippen LogP contribution in [0, 0.1) is 5.92 Å². The molecule has 6 nitrogen and oxygen atoms in total. The molecule has 36 heavy (non-hydrogen) atoms. The fourth-order valence-electron chi connectivity index (χ4n) is 5.26. The van der Waals surface area contributed by atoms with Crippen LogP contribution in [0.25, 0.3) is 0 Å². The van der Waals surface area contributed by atoms with Crippen molar-refractivity contribution in [3.63, 3.8) is 0 Å². The molecule has 198 valence electrons. The summed E-state index contributed by atoms with van der Waals surface area (Å²) in [4.78, 5) is 17.9. The van der Waals surface area contributed by atoms with Gasteiger partial charge in [0.05, 0.1) is 19.8 Å². The van der Waals surface area contributed by atoms with E-state index in [1.807, 2.05) is 23.1 Å². The minimum atomic E-state index is -0.483. The topological polar surface area (TPSA) is 62.2 Å². The second-order valence-corrected chi connectivity index (χ2v) is 10.3. The highest BCUT2D eigenvalue weighted by atomic mass is 35.5. The number of amides is 1. The first-order chi connectivity index (χ1) is 16.9. The number of ether oxygens (including phenoxy) is 2. The van der Waals surface area contributed by atoms with Crippen LogP contribution in [-0.2, 0) is 29.0 Å². The van der Waals surface area contributed by atoms with Gasteiger partial charge in [0.1, 0.15) is 11.9 Å². The third-order valence-electron chi connectivity index (χ3n) is 7.03. The van der Waals surface area contributed by atoms with E-state index in [1.165, 1.54) is 5.56 Å². The van der Waals surface area contributed by atoms with Crippen molar-refractivity contribution < 1.29 is 19.4 Å². The molecule has 1 aliphatic carbocycles. The van der Waals surface area contributed by atoms with Gasteiger partial charge in [0.25, 0.3) is 5.91 Å². The number of morpholine rings is 1. The number of methoxy groups -OCH3 is 1. The molecule has 2 aromatic rings. The second kappa shape index (κ2) is 13.4. The highest BCUT2D eigenvalue weighted by Gasteiger charge is 2.31. The van der Waals surface area contributed by atoms with Gasteiger partial charge in [-0.2, -0.15) is 0 Å². The smallest absolute Gasteiger partial charge is 0.253 e. The van der Waals surface area contributed by atoms with E-state index in [2.05, 4.69) is 43.0 Å². The zero-order valence-electron chi connectivity index (χ0n) is 21.8. The van der Waals surface area contributed by atoms with E-state index in [0.29, 0.717) is 32.2 Å². The van der Waals surface area contributed by atoms with Crippen molar-refractivity contribution in [3.8, 4) is 5.75 Å². The Morgan fingerprint density at radius 2 is 2.03 bits per heavy atom. The summed E-state index contributed by atoms with van der Waals surface area (Å²) in [7, 11) is 1.69. The average Bonchev–Trinajstić information content (AvgIpc) is 3.04. The molecule has 1 fully saturated rings. The van der Waals surface area contributed by atoms with E-state index >= 15 is 0 Å². The summed E-state index contributed by atoms with van der Waals surface area (Å²) in [6, 6.07) is 14.4. The maximum Gasteiger partial charge on any atom is 0.253 e. The first-order valence-electron chi connectivity index (χ1n) is 13.0. The van der Waals surface area contributed by atoms with E-state index in [9.17, 15) is 9.90 Å². The van der Waals surface area contributed by atoms with Crippen LogP contribution in [0.4, 0.5) is 0 Å². The van der Waals surface area contributed by atoms with Crippen molar-refractivity contribution in [3.05, 3.63) is 64.7 Å². The Bertz CT molecular complexity index is 999. The summed E-state index contributed by atoms with van der Waals surface area (Å²) < 4.78 is 11.5. The highest BCUT2D eigenvalue weighted by molar-refractivity contribution is 5.85. The number of fused-ring (bicyclic) bond motifs is 1. The second-order valence-electron chi connectivity index (χ2n) is 10.3. The SMILES string of the molecule is COc1ccccc1CN1CCOC(C(=O)N(Cc2ccc3c(c2)C(O)CCCC3)CC(C)C)C1.Cl. The molecule has 2 unspecified atom stereocenters. The Labute approximate surface area is 222 Å². The summed E-state index contributed by atoms with van der Waals surface area (Å²) in [6.07, 6.45) is 3.09. The minimum Gasteiger partial charge on any atom is -0.496 e. The number of hydrogen-bond acceptors (Lipinski definition) is 5. The fourth-order valence-corrected chi connectivity index (χ4v) is 5.26. The lowest BCUT2D eigenvalue weighted by Crippen LogP contribution is -2.51. The van der Waals surface area contributed by atoms with Crippen molar-refractivity contribution in [1.82, 2.24) is 9.80 Å². The molecular formula is C29H41ClN2O4. The van der Waals surface area contributed by atoms with Crippen LogP contribution in [0.5, 0.6) is 5.75 Å². The maximum atomic E-state index is 13.7. The number of carbonyl (C=O) groups excluding carboxylic acids is 1. The number of para-hydroxylation sites is 1. The van der Waals surface area contributed by atoms with E-state index in [0.717, 1.165) is 61.2 Å². The predicted octanol–water partition coefficient (Wildman–Crippen LogP) is 4.76. The van der Waals surface area contributed by atoms with Gasteiger partial charge in [-0.3, -0.25) is 9.69 Å². The zero-order chi connectivity index (χ0) is 24.8. The minimum absolute atomic E-state index is 0. The molecule has 0 saturated carbocycles. The molecule has 1 N–H and O–H groups in total. The van der Waals surface area contributed by atoms with Crippen molar-refractivity contribution in [2.24, 2.45) is 5.92 Å². The lowest BCUT2D eigenvalue weighted by molar-refractivity contribution is -0.151. The molecular weight excluding hydrogens is 476 g/mol. The molecule has 1 heterocycles. The molecule has 0 spiro atoms. The van der Waals surface area contributed by atoms with Crippen LogP contribution in [0.3, 0.4) is 0 Å². The molecule has 1 aliphatic heterocycles. The number of hydrogen-bond donors (Lipinski definition) is 1. The average molecular weight is 517 g/mol. The highest BCUT2D eigenvalue weighted by Crippen LogP contribution is 2.30. The van der Waals surface area contributed by atoms with E-state index in [-0.39, 0.29) is 18.3 Å². The van der Waals surface area contributed by atoms with Gasteiger partial charge >= 0.3 is 0 Å². The third-order valence-corrected chi connectivity index (χ3v) is 7.03. The van der Waals surface area contributed by atoms with Crippen LogP contribution in [-0.4, -0.2) is 60.3 Å². The lowest BCUT2D eigenvalue weighted by Gasteiger charge is -2.36. The van der Waals surface area contributed by atoms with Crippen molar-refractivity contribution in [2.45, 2.75) is 64.8 Å². The number of carbonyl (C=O) groups is 1. The summed E-state index contributed by atoms with van der Waals surface area (Å²) in [5, 5.41) is 10.6. The van der Waals surface area contributed by atoms with Crippen LogP contribution < -0.4 is 4.74 Å². The Hall–Kier alpha value is -2.12. The van der Waals surface area contributed by atoms with E-state index in [4.69, 9.17) is 9.47 Å². The van der Waals surface area contributed by atoms with Crippen molar-refractivity contribution in [1.29, 1.82) is 0 Å². The normalized spacial score (nSPS) is 20.2. The van der Waals surface area contributed by atoms with Gasteiger partial charge in [-0.15, -0.1) is 12.4 Å². The largest absolute Gasteiger partial charge is 0.496 e. The molecule has 4 rings (SSSR count). The summed E-state index contributed by atoms with van der Waals surface area (Å²) >= 11 is 0. The molecule has 2 aromatic carbocycles. The maximum absolute atomic E-state index is 13.7. The van der Waals surface area contributed by atoms with Gasteiger partial charge in [0.15, 0.2) is 0 Å². The first kappa shape index (κ1) is 28.5. The van der Waals surface area contributed by atoms with Crippen LogP contribution in [0.15, 0.2) is 42.5 Å². The van der Waals surface area contributed by atoms with Gasteiger partial charge < -0.3 is 19.5 Å². The number of rotatable bonds is 8. The molecule has 0 radical (unpaired) electrons. The Morgan fingerprint density at radius 3 is 2.81 bits per heavy atom. The lowest BCUT2D eigenvalue weighted by atomic mass is 9.98. The quantitative estimate of drug-likeness (QED) is 0.512. The molecule has 7 heteroatoms. The summed E-state index contributed by atoms with van der Waals surface area (Å²) in [6.45, 7) is 8.08. The Balaban J connectivity index is 0.00000361. The predicted molar refractivity (Wildman–Crippen MR) is 144 cm³/mol. The van der Waals surface area contributed by atoms with Crippen LogP contribution in [0.2, 0.25) is 0 Å². The van der Waals surface area contributed by atoms with Gasteiger partial charge in [0, 0.05) is 38.3 Å². The van der Waals surface area contributed by atoms with Crippen LogP contribution in [0.1, 0.15) is 61.5 Å². The van der Waals surface area contributed by atoms with Crippen molar-refractivity contribution in [2.75, 3.05) is 33.4 Å². The molecule has 1 saturated heterocycles. The molecule has 2 aliphatic rings. The molecule has 2 atom stereocenters.